The van der Waals surface area contributed by atoms with Crippen LogP contribution in [0.3, 0.4) is 0 Å². The molecule has 0 aliphatic carbocycles. The van der Waals surface area contributed by atoms with Crippen molar-refractivity contribution < 1.29 is 28.2 Å². The number of anilines is 1. The fourth-order valence-electron chi connectivity index (χ4n) is 2.33. The van der Waals surface area contributed by atoms with E-state index in [9.17, 15) is 9.59 Å². The van der Waals surface area contributed by atoms with Crippen molar-refractivity contribution >= 4 is 17.6 Å². The molecule has 0 saturated carbocycles. The standard InChI is InChI=1S/C17H17NO6/c1-9-6-13(10(2)23-9)17(20)24-11(3)16(19)18-12-4-5-14-15(7-12)22-8-21-14/h4-7,11H,8H2,1-3H3,(H,18,19)/t11-/m0/s1. The van der Waals surface area contributed by atoms with Gasteiger partial charge in [-0.05, 0) is 39.0 Å². The third-order valence-corrected chi connectivity index (χ3v) is 3.55. The number of furan rings is 1. The molecule has 3 rings (SSSR count). The molecule has 0 saturated heterocycles. The normalized spacial score (nSPS) is 13.5. The van der Waals surface area contributed by atoms with Crippen LogP contribution in [0, 0.1) is 13.8 Å². The number of fused-ring (bicyclic) bond motifs is 1. The highest BCUT2D eigenvalue weighted by Gasteiger charge is 2.22. The second-order valence-corrected chi connectivity index (χ2v) is 5.43. The highest BCUT2D eigenvalue weighted by molar-refractivity contribution is 5.97. The lowest BCUT2D eigenvalue weighted by Gasteiger charge is -2.13. The van der Waals surface area contributed by atoms with Gasteiger partial charge in [0.25, 0.3) is 5.91 Å². The monoisotopic (exact) mass is 331 g/mol. The minimum absolute atomic E-state index is 0.157. The fourth-order valence-corrected chi connectivity index (χ4v) is 2.33. The van der Waals surface area contributed by atoms with Crippen LogP contribution in [0.25, 0.3) is 0 Å². The van der Waals surface area contributed by atoms with E-state index in [-0.39, 0.29) is 6.79 Å². The van der Waals surface area contributed by atoms with Gasteiger partial charge in [0.05, 0.1) is 0 Å². The summed E-state index contributed by atoms with van der Waals surface area (Å²) in [5, 5.41) is 2.67. The van der Waals surface area contributed by atoms with Gasteiger partial charge in [0.1, 0.15) is 17.1 Å². The lowest BCUT2D eigenvalue weighted by Crippen LogP contribution is -2.30. The number of carbonyl (C=O) groups is 2. The maximum Gasteiger partial charge on any atom is 0.342 e. The quantitative estimate of drug-likeness (QED) is 0.867. The maximum absolute atomic E-state index is 12.2. The molecule has 1 aromatic heterocycles. The first-order valence-corrected chi connectivity index (χ1v) is 7.42. The Morgan fingerprint density at radius 1 is 1.17 bits per heavy atom. The molecule has 0 fully saturated rings. The second kappa shape index (κ2) is 6.27. The fraction of sp³-hybridized carbons (Fsp3) is 0.294. The van der Waals surface area contributed by atoms with Gasteiger partial charge in [-0.15, -0.1) is 0 Å². The van der Waals surface area contributed by atoms with Crippen LogP contribution in [-0.2, 0) is 9.53 Å². The summed E-state index contributed by atoms with van der Waals surface area (Å²) in [7, 11) is 0. The van der Waals surface area contributed by atoms with E-state index in [1.54, 1.807) is 38.1 Å². The Morgan fingerprint density at radius 3 is 2.62 bits per heavy atom. The highest BCUT2D eigenvalue weighted by atomic mass is 16.7. The van der Waals surface area contributed by atoms with E-state index in [1.165, 1.54) is 6.92 Å². The molecule has 1 aliphatic heterocycles. The highest BCUT2D eigenvalue weighted by Crippen LogP contribution is 2.34. The van der Waals surface area contributed by atoms with E-state index in [1.807, 2.05) is 0 Å². The smallest absolute Gasteiger partial charge is 0.342 e. The number of nitrogens with one attached hydrogen (secondary N) is 1. The first kappa shape index (κ1) is 15.9. The molecule has 1 aromatic carbocycles. The molecule has 0 radical (unpaired) electrons. The van der Waals surface area contributed by atoms with Crippen LogP contribution in [-0.4, -0.2) is 24.8 Å². The first-order valence-electron chi connectivity index (χ1n) is 7.42. The van der Waals surface area contributed by atoms with Crippen molar-refractivity contribution in [2.75, 3.05) is 12.1 Å². The summed E-state index contributed by atoms with van der Waals surface area (Å²) in [6, 6.07) is 6.62. The average molecular weight is 331 g/mol. The van der Waals surface area contributed by atoms with E-state index in [0.717, 1.165) is 0 Å². The van der Waals surface area contributed by atoms with Gasteiger partial charge in [-0.1, -0.05) is 0 Å². The Labute approximate surface area is 138 Å². The number of rotatable bonds is 4. The third-order valence-electron chi connectivity index (χ3n) is 3.55. The van der Waals surface area contributed by atoms with Crippen LogP contribution in [0.1, 0.15) is 28.8 Å². The van der Waals surface area contributed by atoms with Crippen molar-refractivity contribution in [3.8, 4) is 11.5 Å². The maximum atomic E-state index is 12.2. The zero-order chi connectivity index (χ0) is 17.3. The molecule has 7 heteroatoms. The largest absolute Gasteiger partial charge is 0.466 e. The summed E-state index contributed by atoms with van der Waals surface area (Å²) in [5.74, 6) is 1.20. The molecule has 24 heavy (non-hydrogen) atoms. The Bertz CT molecular complexity index is 794. The molecule has 0 spiro atoms. The van der Waals surface area contributed by atoms with Crippen molar-refractivity contribution in [2.45, 2.75) is 26.9 Å². The van der Waals surface area contributed by atoms with Crippen molar-refractivity contribution in [3.63, 3.8) is 0 Å². The Hall–Kier alpha value is -2.96. The number of hydrogen-bond acceptors (Lipinski definition) is 6. The van der Waals surface area contributed by atoms with Crippen molar-refractivity contribution in [3.05, 3.63) is 41.3 Å². The molecular weight excluding hydrogens is 314 g/mol. The zero-order valence-electron chi connectivity index (χ0n) is 13.5. The van der Waals surface area contributed by atoms with Crippen LogP contribution in [0.15, 0.2) is 28.7 Å². The molecule has 1 aliphatic rings. The molecule has 7 nitrogen and oxygen atoms in total. The number of carbonyl (C=O) groups excluding carboxylic acids is 2. The van der Waals surface area contributed by atoms with E-state index in [0.29, 0.717) is 34.3 Å². The molecule has 0 bridgehead atoms. The summed E-state index contributed by atoms with van der Waals surface area (Å²) in [6.07, 6.45) is -0.961. The van der Waals surface area contributed by atoms with Gasteiger partial charge < -0.3 is 23.9 Å². The van der Waals surface area contributed by atoms with Gasteiger partial charge in [-0.3, -0.25) is 4.79 Å². The molecule has 1 N–H and O–H groups in total. The van der Waals surface area contributed by atoms with Gasteiger partial charge in [0.15, 0.2) is 17.6 Å². The molecular formula is C17H17NO6. The third kappa shape index (κ3) is 3.19. The molecule has 1 atom stereocenters. The summed E-state index contributed by atoms with van der Waals surface area (Å²) in [6.45, 7) is 5.06. The molecule has 2 heterocycles. The van der Waals surface area contributed by atoms with Gasteiger partial charge >= 0.3 is 5.97 Å². The zero-order valence-corrected chi connectivity index (χ0v) is 13.5. The number of amides is 1. The van der Waals surface area contributed by atoms with E-state index in [2.05, 4.69) is 5.32 Å². The molecule has 1 amide bonds. The van der Waals surface area contributed by atoms with Gasteiger partial charge in [-0.25, -0.2) is 4.79 Å². The first-order chi connectivity index (χ1) is 11.4. The van der Waals surface area contributed by atoms with Gasteiger partial charge in [0, 0.05) is 11.8 Å². The number of aryl methyl sites for hydroxylation is 2. The van der Waals surface area contributed by atoms with Crippen LogP contribution in [0.5, 0.6) is 11.5 Å². The average Bonchev–Trinajstić information content (AvgIpc) is 3.12. The topological polar surface area (TPSA) is 87.0 Å². The number of ether oxygens (including phenoxy) is 3. The lowest BCUT2D eigenvalue weighted by molar-refractivity contribution is -0.123. The molecule has 2 aromatic rings. The van der Waals surface area contributed by atoms with Crippen molar-refractivity contribution in [1.29, 1.82) is 0 Å². The minimum Gasteiger partial charge on any atom is -0.466 e. The predicted molar refractivity (Wildman–Crippen MR) is 84.3 cm³/mol. The van der Waals surface area contributed by atoms with Crippen molar-refractivity contribution in [1.82, 2.24) is 0 Å². The SMILES string of the molecule is Cc1cc(C(=O)O[C@@H](C)C(=O)Nc2ccc3c(c2)OCO3)c(C)o1. The number of hydrogen-bond donors (Lipinski definition) is 1. The summed E-state index contributed by atoms with van der Waals surface area (Å²) < 4.78 is 20.9. The van der Waals surface area contributed by atoms with Crippen LogP contribution < -0.4 is 14.8 Å². The van der Waals surface area contributed by atoms with Crippen LogP contribution in [0.4, 0.5) is 5.69 Å². The number of esters is 1. The van der Waals surface area contributed by atoms with Crippen molar-refractivity contribution in [2.24, 2.45) is 0 Å². The van der Waals surface area contributed by atoms with Crippen LogP contribution in [0.2, 0.25) is 0 Å². The van der Waals surface area contributed by atoms with E-state index in [4.69, 9.17) is 18.6 Å². The van der Waals surface area contributed by atoms with Gasteiger partial charge in [0.2, 0.25) is 6.79 Å². The van der Waals surface area contributed by atoms with Crippen LogP contribution >= 0.6 is 0 Å². The molecule has 0 unspecified atom stereocenters. The number of benzene rings is 1. The second-order valence-electron chi connectivity index (χ2n) is 5.43. The minimum atomic E-state index is -0.961. The lowest BCUT2D eigenvalue weighted by atomic mass is 10.2. The Balaban J connectivity index is 1.62. The summed E-state index contributed by atoms with van der Waals surface area (Å²) >= 11 is 0. The molecule has 126 valence electrons. The van der Waals surface area contributed by atoms with Gasteiger partial charge in [-0.2, -0.15) is 0 Å². The Kier molecular flexibility index (Phi) is 4.16. The Morgan fingerprint density at radius 2 is 1.92 bits per heavy atom. The summed E-state index contributed by atoms with van der Waals surface area (Å²) in [5.41, 5.74) is 0.845. The van der Waals surface area contributed by atoms with E-state index >= 15 is 0 Å². The predicted octanol–water partition coefficient (Wildman–Crippen LogP) is 2.81. The summed E-state index contributed by atoms with van der Waals surface area (Å²) in [4.78, 5) is 24.3. The van der Waals surface area contributed by atoms with E-state index < -0.39 is 18.0 Å².